The Morgan fingerprint density at radius 1 is 1.50 bits per heavy atom. The quantitative estimate of drug-likeness (QED) is 0.742. The number of hydrogen-bond donors (Lipinski definition) is 3. The Kier molecular flexibility index (Phi) is 3.03. The van der Waals surface area contributed by atoms with Gasteiger partial charge in [0.1, 0.15) is 11.3 Å². The van der Waals surface area contributed by atoms with Crippen molar-refractivity contribution in [3.63, 3.8) is 0 Å². The van der Waals surface area contributed by atoms with Gasteiger partial charge in [-0.05, 0) is 31.5 Å². The summed E-state index contributed by atoms with van der Waals surface area (Å²) in [6.07, 6.45) is 1.86. The van der Waals surface area contributed by atoms with E-state index in [0.717, 1.165) is 19.4 Å². The molecule has 0 spiro atoms. The lowest BCUT2D eigenvalue weighted by Crippen LogP contribution is -2.14. The van der Waals surface area contributed by atoms with Crippen LogP contribution in [-0.4, -0.2) is 22.7 Å². The second kappa shape index (κ2) is 4.31. The summed E-state index contributed by atoms with van der Waals surface area (Å²) in [7, 11) is 0. The van der Waals surface area contributed by atoms with Crippen molar-refractivity contribution in [2.45, 2.75) is 18.9 Å². The van der Waals surface area contributed by atoms with Crippen molar-refractivity contribution in [3.05, 3.63) is 28.3 Å². The number of carbonyl (C=O) groups is 1. The second-order valence-corrected chi connectivity index (χ2v) is 4.22. The Labute approximate surface area is 97.9 Å². The fraction of sp³-hybridized carbons (Fsp3) is 0.364. The minimum atomic E-state index is -1.14. The Morgan fingerprint density at radius 3 is 2.81 bits per heavy atom. The molecule has 0 aromatic heterocycles. The summed E-state index contributed by atoms with van der Waals surface area (Å²) in [5.41, 5.74) is 0.396. The van der Waals surface area contributed by atoms with Crippen LogP contribution in [0.15, 0.2) is 12.1 Å². The van der Waals surface area contributed by atoms with Crippen molar-refractivity contribution in [2.24, 2.45) is 0 Å². The zero-order valence-corrected chi connectivity index (χ0v) is 9.29. The van der Waals surface area contributed by atoms with Crippen molar-refractivity contribution >= 4 is 17.6 Å². The molecular weight excluding hydrogens is 230 g/mol. The standard InChI is InChI=1S/C11H12ClNO3/c12-7-4-3-6(11(15)16)10(14)9(7)8-2-1-5-13-8/h3-4,8,13-14H,1-2,5H2,(H,15,16)/t8-/m1/s1. The Hall–Kier alpha value is -1.26. The molecule has 0 aliphatic carbocycles. The van der Waals surface area contributed by atoms with Crippen LogP contribution in [0.2, 0.25) is 5.02 Å². The highest BCUT2D eigenvalue weighted by molar-refractivity contribution is 6.31. The molecule has 1 aliphatic rings. The third-order valence-electron chi connectivity index (χ3n) is 2.80. The molecule has 86 valence electrons. The normalized spacial score (nSPS) is 19.9. The van der Waals surface area contributed by atoms with Gasteiger partial charge in [-0.15, -0.1) is 0 Å². The van der Waals surface area contributed by atoms with Crippen LogP contribution in [-0.2, 0) is 0 Å². The molecule has 1 fully saturated rings. The molecule has 16 heavy (non-hydrogen) atoms. The Bertz CT molecular complexity index is 427. The molecule has 0 saturated carbocycles. The average Bonchev–Trinajstić information content (AvgIpc) is 2.70. The van der Waals surface area contributed by atoms with Crippen LogP contribution in [0.25, 0.3) is 0 Å². The van der Waals surface area contributed by atoms with Crippen molar-refractivity contribution < 1.29 is 15.0 Å². The van der Waals surface area contributed by atoms with Crippen LogP contribution in [0.4, 0.5) is 0 Å². The number of hydrogen-bond acceptors (Lipinski definition) is 3. The molecule has 1 atom stereocenters. The molecule has 1 saturated heterocycles. The van der Waals surface area contributed by atoms with Crippen molar-refractivity contribution in [2.75, 3.05) is 6.54 Å². The van der Waals surface area contributed by atoms with E-state index in [1.807, 2.05) is 0 Å². The highest BCUT2D eigenvalue weighted by atomic mass is 35.5. The molecule has 0 bridgehead atoms. The third-order valence-corrected chi connectivity index (χ3v) is 3.13. The summed E-state index contributed by atoms with van der Waals surface area (Å²) in [4.78, 5) is 10.9. The summed E-state index contributed by atoms with van der Waals surface area (Å²) in [5.74, 6) is -1.37. The van der Waals surface area contributed by atoms with Gasteiger partial charge >= 0.3 is 5.97 Å². The van der Waals surface area contributed by atoms with Gasteiger partial charge in [-0.2, -0.15) is 0 Å². The van der Waals surface area contributed by atoms with Gasteiger partial charge in [-0.3, -0.25) is 0 Å². The molecule has 1 aromatic carbocycles. The fourth-order valence-electron chi connectivity index (χ4n) is 2.02. The Morgan fingerprint density at radius 2 is 2.25 bits per heavy atom. The minimum absolute atomic E-state index is 0.0493. The predicted octanol–water partition coefficient (Wildman–Crippen LogP) is 2.17. The summed E-state index contributed by atoms with van der Waals surface area (Å²) in [6.45, 7) is 0.859. The van der Waals surface area contributed by atoms with E-state index < -0.39 is 5.97 Å². The van der Waals surface area contributed by atoms with E-state index in [0.29, 0.717) is 10.6 Å². The minimum Gasteiger partial charge on any atom is -0.507 e. The second-order valence-electron chi connectivity index (χ2n) is 3.81. The lowest BCUT2D eigenvalue weighted by Gasteiger charge is -2.15. The smallest absolute Gasteiger partial charge is 0.339 e. The van der Waals surface area contributed by atoms with E-state index in [1.165, 1.54) is 12.1 Å². The zero-order valence-electron chi connectivity index (χ0n) is 8.53. The van der Waals surface area contributed by atoms with E-state index >= 15 is 0 Å². The van der Waals surface area contributed by atoms with Crippen LogP contribution in [0, 0.1) is 0 Å². The van der Waals surface area contributed by atoms with Crippen LogP contribution < -0.4 is 5.32 Å². The van der Waals surface area contributed by atoms with Gasteiger partial charge < -0.3 is 15.5 Å². The molecule has 1 heterocycles. The average molecular weight is 242 g/mol. The number of benzene rings is 1. The van der Waals surface area contributed by atoms with Crippen LogP contribution >= 0.6 is 11.6 Å². The molecular formula is C11H12ClNO3. The van der Waals surface area contributed by atoms with Gasteiger partial charge in [0.05, 0.1) is 0 Å². The van der Waals surface area contributed by atoms with E-state index in [4.69, 9.17) is 16.7 Å². The van der Waals surface area contributed by atoms with Gasteiger partial charge in [-0.1, -0.05) is 11.6 Å². The topological polar surface area (TPSA) is 69.6 Å². The molecule has 4 nitrogen and oxygen atoms in total. The largest absolute Gasteiger partial charge is 0.507 e. The van der Waals surface area contributed by atoms with Crippen molar-refractivity contribution in [3.8, 4) is 5.75 Å². The van der Waals surface area contributed by atoms with E-state index in [-0.39, 0.29) is 17.4 Å². The molecule has 0 unspecified atom stereocenters. The molecule has 0 radical (unpaired) electrons. The van der Waals surface area contributed by atoms with Gasteiger partial charge in [0.25, 0.3) is 0 Å². The molecule has 1 aliphatic heterocycles. The first-order valence-electron chi connectivity index (χ1n) is 5.09. The number of aromatic carboxylic acids is 1. The maximum absolute atomic E-state index is 10.9. The number of rotatable bonds is 2. The predicted molar refractivity (Wildman–Crippen MR) is 60.1 cm³/mol. The lowest BCUT2D eigenvalue weighted by atomic mass is 10.0. The summed E-state index contributed by atoms with van der Waals surface area (Å²) >= 11 is 5.99. The maximum Gasteiger partial charge on any atom is 0.339 e. The Balaban J connectivity index is 2.49. The van der Waals surface area contributed by atoms with Gasteiger partial charge in [0.15, 0.2) is 0 Å². The van der Waals surface area contributed by atoms with E-state index in [2.05, 4.69) is 5.32 Å². The fourth-order valence-corrected chi connectivity index (χ4v) is 2.30. The zero-order chi connectivity index (χ0) is 11.7. The van der Waals surface area contributed by atoms with Crippen molar-refractivity contribution in [1.29, 1.82) is 0 Å². The molecule has 1 aromatic rings. The van der Waals surface area contributed by atoms with E-state index in [1.54, 1.807) is 0 Å². The monoisotopic (exact) mass is 241 g/mol. The number of nitrogens with one attached hydrogen (secondary N) is 1. The number of carboxylic acids is 1. The highest BCUT2D eigenvalue weighted by Gasteiger charge is 2.25. The summed E-state index contributed by atoms with van der Waals surface area (Å²) in [6, 6.07) is 2.78. The highest BCUT2D eigenvalue weighted by Crippen LogP contribution is 2.37. The first kappa shape index (κ1) is 11.2. The first-order valence-corrected chi connectivity index (χ1v) is 5.47. The molecule has 0 amide bonds. The summed E-state index contributed by atoms with van der Waals surface area (Å²) < 4.78 is 0. The van der Waals surface area contributed by atoms with Gasteiger partial charge in [0, 0.05) is 16.6 Å². The van der Waals surface area contributed by atoms with Gasteiger partial charge in [-0.25, -0.2) is 4.79 Å². The van der Waals surface area contributed by atoms with E-state index in [9.17, 15) is 9.90 Å². The first-order chi connectivity index (χ1) is 7.61. The van der Waals surface area contributed by atoms with Crippen molar-refractivity contribution in [1.82, 2.24) is 5.32 Å². The molecule has 5 heteroatoms. The van der Waals surface area contributed by atoms with Crippen LogP contribution in [0.3, 0.4) is 0 Å². The maximum atomic E-state index is 10.9. The van der Waals surface area contributed by atoms with Crippen LogP contribution in [0.1, 0.15) is 34.8 Å². The summed E-state index contributed by atoms with van der Waals surface area (Å²) in [5, 5.41) is 22.4. The SMILES string of the molecule is O=C(O)c1ccc(Cl)c([C@H]2CCCN2)c1O. The third kappa shape index (κ3) is 1.86. The van der Waals surface area contributed by atoms with Gasteiger partial charge in [0.2, 0.25) is 0 Å². The molecule has 3 N–H and O–H groups in total. The molecule has 2 rings (SSSR count). The van der Waals surface area contributed by atoms with Crippen LogP contribution in [0.5, 0.6) is 5.75 Å². The number of carboxylic acid groups (broad SMARTS) is 1. The number of phenols is 1. The lowest BCUT2D eigenvalue weighted by molar-refractivity contribution is 0.0693. The number of halogens is 1. The number of aromatic hydroxyl groups is 1.